The lowest BCUT2D eigenvalue weighted by molar-refractivity contribution is -0.121. The first-order valence-electron chi connectivity index (χ1n) is 9.53. The van der Waals surface area contributed by atoms with Crippen LogP contribution >= 0.6 is 0 Å². The molecule has 0 spiro atoms. The second-order valence-corrected chi connectivity index (χ2v) is 7.55. The zero-order valence-electron chi connectivity index (χ0n) is 14.9. The van der Waals surface area contributed by atoms with Gasteiger partial charge in [0.2, 0.25) is 5.91 Å². The van der Waals surface area contributed by atoms with E-state index in [0.29, 0.717) is 12.5 Å². The predicted molar refractivity (Wildman–Crippen MR) is 97.9 cm³/mol. The molecular weight excluding hydrogens is 314 g/mol. The second-order valence-electron chi connectivity index (χ2n) is 7.55. The number of carbonyl (C=O) groups excluding carboxylic acids is 1. The number of rotatable bonds is 4. The van der Waals surface area contributed by atoms with Gasteiger partial charge in [-0.2, -0.15) is 5.10 Å². The van der Waals surface area contributed by atoms with E-state index >= 15 is 0 Å². The number of benzene rings is 1. The fourth-order valence-electron chi connectivity index (χ4n) is 4.05. The Morgan fingerprint density at radius 3 is 2.48 bits per heavy atom. The van der Waals surface area contributed by atoms with Gasteiger partial charge in [-0.25, -0.2) is 5.43 Å². The normalized spacial score (nSPS) is 25.9. The SMILES string of the molecule is CC1=NNC(=O)CC1c1ccc(OC2CCN(C3CCC3)CC2)cc1. The van der Waals surface area contributed by atoms with Gasteiger partial charge in [0.25, 0.3) is 0 Å². The van der Waals surface area contributed by atoms with Gasteiger partial charge in [-0.05, 0) is 50.3 Å². The van der Waals surface area contributed by atoms with E-state index in [1.54, 1.807) is 0 Å². The van der Waals surface area contributed by atoms with Crippen LogP contribution in [0.3, 0.4) is 0 Å². The van der Waals surface area contributed by atoms with Gasteiger partial charge in [0, 0.05) is 37.2 Å². The molecule has 1 unspecified atom stereocenters. The van der Waals surface area contributed by atoms with Crippen LogP contribution in [0.4, 0.5) is 0 Å². The van der Waals surface area contributed by atoms with Crippen molar-refractivity contribution in [3.05, 3.63) is 29.8 Å². The van der Waals surface area contributed by atoms with Crippen molar-refractivity contribution < 1.29 is 9.53 Å². The molecule has 1 aliphatic carbocycles. The summed E-state index contributed by atoms with van der Waals surface area (Å²) in [5.41, 5.74) is 4.62. The number of nitrogens with one attached hydrogen (secondary N) is 1. The van der Waals surface area contributed by atoms with Crippen LogP contribution in [-0.4, -0.2) is 41.8 Å². The van der Waals surface area contributed by atoms with E-state index in [0.717, 1.165) is 35.9 Å². The van der Waals surface area contributed by atoms with Crippen molar-refractivity contribution in [3.8, 4) is 5.75 Å². The molecule has 1 N–H and O–H groups in total. The Morgan fingerprint density at radius 2 is 1.84 bits per heavy atom. The highest BCUT2D eigenvalue weighted by molar-refractivity contribution is 5.96. The molecule has 1 aromatic carbocycles. The van der Waals surface area contributed by atoms with Crippen LogP contribution < -0.4 is 10.2 Å². The third-order valence-electron chi connectivity index (χ3n) is 5.90. The third-order valence-corrected chi connectivity index (χ3v) is 5.90. The van der Waals surface area contributed by atoms with Crippen molar-refractivity contribution in [2.24, 2.45) is 5.10 Å². The van der Waals surface area contributed by atoms with E-state index in [9.17, 15) is 4.79 Å². The monoisotopic (exact) mass is 341 g/mol. The summed E-state index contributed by atoms with van der Waals surface area (Å²) < 4.78 is 6.19. The topological polar surface area (TPSA) is 53.9 Å². The minimum atomic E-state index is -0.0193. The Hall–Kier alpha value is -1.88. The first-order valence-corrected chi connectivity index (χ1v) is 9.53. The first kappa shape index (κ1) is 16.6. The molecule has 0 radical (unpaired) electrons. The summed E-state index contributed by atoms with van der Waals surface area (Å²) in [7, 11) is 0. The average molecular weight is 341 g/mol. The summed E-state index contributed by atoms with van der Waals surface area (Å²) in [4.78, 5) is 14.2. The molecule has 0 bridgehead atoms. The summed E-state index contributed by atoms with van der Waals surface area (Å²) in [6.45, 7) is 4.30. The van der Waals surface area contributed by atoms with Gasteiger partial charge in [0.1, 0.15) is 11.9 Å². The molecule has 134 valence electrons. The van der Waals surface area contributed by atoms with Crippen LogP contribution in [0, 0.1) is 0 Å². The zero-order chi connectivity index (χ0) is 17.2. The molecule has 4 rings (SSSR count). The minimum absolute atomic E-state index is 0.0193. The van der Waals surface area contributed by atoms with Gasteiger partial charge >= 0.3 is 0 Å². The van der Waals surface area contributed by atoms with E-state index in [-0.39, 0.29) is 11.8 Å². The Balaban J connectivity index is 1.32. The number of carbonyl (C=O) groups is 1. The molecule has 1 saturated heterocycles. The van der Waals surface area contributed by atoms with Crippen molar-refractivity contribution in [2.45, 2.75) is 63.5 Å². The van der Waals surface area contributed by atoms with E-state index in [1.807, 2.05) is 19.1 Å². The van der Waals surface area contributed by atoms with Crippen molar-refractivity contribution in [2.75, 3.05) is 13.1 Å². The maximum atomic E-state index is 11.6. The van der Waals surface area contributed by atoms with Crippen molar-refractivity contribution in [1.82, 2.24) is 10.3 Å². The standard InChI is InChI=1S/C20H27N3O2/c1-14-19(13-20(24)22-21-14)15-5-7-17(8-6-15)25-18-9-11-23(12-10-18)16-3-2-4-16/h5-8,16,18-19H,2-4,9-13H2,1H3,(H,22,24). The predicted octanol–water partition coefficient (Wildman–Crippen LogP) is 3.06. The Kier molecular flexibility index (Phi) is 4.75. The molecular formula is C20H27N3O2. The van der Waals surface area contributed by atoms with Gasteiger partial charge in [-0.3, -0.25) is 4.79 Å². The highest BCUT2D eigenvalue weighted by Crippen LogP contribution is 2.29. The maximum Gasteiger partial charge on any atom is 0.241 e. The molecule has 1 aromatic rings. The highest BCUT2D eigenvalue weighted by atomic mass is 16.5. The Labute approximate surface area is 149 Å². The van der Waals surface area contributed by atoms with Crippen molar-refractivity contribution >= 4 is 11.6 Å². The largest absolute Gasteiger partial charge is 0.490 e. The fourth-order valence-corrected chi connectivity index (χ4v) is 4.05. The Bertz CT molecular complexity index is 643. The number of hydrogen-bond acceptors (Lipinski definition) is 4. The molecule has 2 aliphatic heterocycles. The summed E-state index contributed by atoms with van der Waals surface area (Å²) >= 11 is 0. The molecule has 1 amide bonds. The zero-order valence-corrected chi connectivity index (χ0v) is 14.9. The number of likely N-dealkylation sites (tertiary alicyclic amines) is 1. The van der Waals surface area contributed by atoms with Crippen molar-refractivity contribution in [1.29, 1.82) is 0 Å². The molecule has 1 saturated carbocycles. The number of hydrazone groups is 1. The lowest BCUT2D eigenvalue weighted by atomic mass is 9.89. The fraction of sp³-hybridized carbons (Fsp3) is 0.600. The van der Waals surface area contributed by atoms with Gasteiger partial charge in [-0.1, -0.05) is 18.6 Å². The third kappa shape index (κ3) is 3.71. The maximum absolute atomic E-state index is 11.6. The van der Waals surface area contributed by atoms with E-state index < -0.39 is 0 Å². The number of hydrogen-bond donors (Lipinski definition) is 1. The molecule has 1 atom stereocenters. The molecule has 2 heterocycles. The van der Waals surface area contributed by atoms with Crippen LogP contribution in [0.1, 0.15) is 56.9 Å². The quantitative estimate of drug-likeness (QED) is 0.916. The minimum Gasteiger partial charge on any atom is -0.490 e. The highest BCUT2D eigenvalue weighted by Gasteiger charge is 2.29. The number of nitrogens with zero attached hydrogens (tertiary/aromatic N) is 2. The van der Waals surface area contributed by atoms with Crippen LogP contribution in [-0.2, 0) is 4.79 Å². The number of piperidine rings is 1. The van der Waals surface area contributed by atoms with Gasteiger partial charge in [-0.15, -0.1) is 0 Å². The van der Waals surface area contributed by atoms with Crippen LogP contribution in [0.2, 0.25) is 0 Å². The molecule has 5 heteroatoms. The van der Waals surface area contributed by atoms with Crippen molar-refractivity contribution in [3.63, 3.8) is 0 Å². The smallest absolute Gasteiger partial charge is 0.241 e. The summed E-state index contributed by atoms with van der Waals surface area (Å²) in [5.74, 6) is 0.989. The van der Waals surface area contributed by atoms with Crippen LogP contribution in [0.15, 0.2) is 29.4 Å². The molecule has 3 aliphatic rings. The summed E-state index contributed by atoms with van der Waals surface area (Å²) in [6.07, 6.45) is 7.20. The lowest BCUT2D eigenvalue weighted by Crippen LogP contribution is -2.46. The van der Waals surface area contributed by atoms with Crippen LogP contribution in [0.5, 0.6) is 5.75 Å². The summed E-state index contributed by atoms with van der Waals surface area (Å²) in [5, 5.41) is 4.10. The van der Waals surface area contributed by atoms with E-state index in [4.69, 9.17) is 4.74 Å². The molecule has 5 nitrogen and oxygen atoms in total. The molecule has 0 aromatic heterocycles. The van der Waals surface area contributed by atoms with Gasteiger partial charge in [0.15, 0.2) is 0 Å². The van der Waals surface area contributed by atoms with Crippen LogP contribution in [0.25, 0.3) is 0 Å². The number of amides is 1. The Morgan fingerprint density at radius 1 is 1.12 bits per heavy atom. The van der Waals surface area contributed by atoms with Gasteiger partial charge < -0.3 is 9.64 Å². The molecule has 25 heavy (non-hydrogen) atoms. The first-order chi connectivity index (χ1) is 12.2. The number of ether oxygens (including phenoxy) is 1. The lowest BCUT2D eigenvalue weighted by Gasteiger charge is -2.41. The van der Waals surface area contributed by atoms with E-state index in [1.165, 1.54) is 32.4 Å². The average Bonchev–Trinajstić information content (AvgIpc) is 2.58. The van der Waals surface area contributed by atoms with Gasteiger partial charge in [0.05, 0.1) is 0 Å². The molecule has 2 fully saturated rings. The summed E-state index contributed by atoms with van der Waals surface area (Å²) in [6, 6.07) is 9.06. The van der Waals surface area contributed by atoms with E-state index in [2.05, 4.69) is 27.6 Å². The second kappa shape index (κ2) is 7.16.